The van der Waals surface area contributed by atoms with E-state index in [2.05, 4.69) is 10.6 Å². The molecule has 0 atom stereocenters. The molecule has 1 aliphatic heterocycles. The summed E-state index contributed by atoms with van der Waals surface area (Å²) in [5.74, 6) is -1.81. The molecule has 0 fully saturated rings. The number of anilines is 2. The minimum atomic E-state index is -0.750. The molecule has 0 spiro atoms. The molecule has 0 saturated carbocycles. The van der Waals surface area contributed by atoms with E-state index >= 15 is 0 Å². The quantitative estimate of drug-likeness (QED) is 0.743. The number of amides is 3. The normalized spacial score (nSPS) is 13.0. The van der Waals surface area contributed by atoms with Crippen molar-refractivity contribution in [1.82, 2.24) is 5.32 Å². The molecule has 0 saturated heterocycles. The molecule has 0 radical (unpaired) electrons. The van der Waals surface area contributed by atoms with Gasteiger partial charge in [0, 0.05) is 30.4 Å². The number of aryl methyl sites for hydroxylation is 1. The molecule has 0 unspecified atom stereocenters. The highest BCUT2D eigenvalue weighted by molar-refractivity contribution is 6.39. The molecule has 0 bridgehead atoms. The molecule has 6 nitrogen and oxygen atoms in total. The number of nitrogens with one attached hydrogen (secondary N) is 2. The van der Waals surface area contributed by atoms with Crippen LogP contribution >= 0.6 is 0 Å². The summed E-state index contributed by atoms with van der Waals surface area (Å²) in [6.07, 6.45) is 2.16. The molecule has 2 aromatic carbocycles. The van der Waals surface area contributed by atoms with Crippen LogP contribution in [0.15, 0.2) is 42.5 Å². The highest BCUT2D eigenvalue weighted by Gasteiger charge is 2.24. The molecular formula is C23H26FN3O3. The molecule has 1 aliphatic rings. The van der Waals surface area contributed by atoms with Gasteiger partial charge in [-0.25, -0.2) is 4.39 Å². The summed E-state index contributed by atoms with van der Waals surface area (Å²) in [6.45, 7) is 4.71. The Morgan fingerprint density at radius 2 is 1.80 bits per heavy atom. The average Bonchev–Trinajstić information content (AvgIpc) is 2.73. The second-order valence-electron chi connectivity index (χ2n) is 7.68. The first-order valence-corrected chi connectivity index (χ1v) is 10.1. The van der Waals surface area contributed by atoms with E-state index in [0.29, 0.717) is 18.7 Å². The van der Waals surface area contributed by atoms with Crippen molar-refractivity contribution in [2.24, 2.45) is 5.92 Å². The van der Waals surface area contributed by atoms with Crippen molar-refractivity contribution in [3.05, 3.63) is 59.4 Å². The van der Waals surface area contributed by atoms with Crippen LogP contribution in [0.25, 0.3) is 0 Å². The standard InChI is InChI=1S/C23H26FN3O3/c1-15(2)23(30)27-13-3-4-17-14-19(9-10-20(17)27)26-22(29)21(28)25-12-11-16-5-7-18(24)8-6-16/h5-10,14-15H,3-4,11-13H2,1-2H3,(H,25,28)(H,26,29). The molecule has 0 aliphatic carbocycles. The Morgan fingerprint density at radius 3 is 2.50 bits per heavy atom. The maximum absolute atomic E-state index is 12.9. The van der Waals surface area contributed by atoms with Crippen LogP contribution in [0.1, 0.15) is 31.4 Å². The molecule has 158 valence electrons. The van der Waals surface area contributed by atoms with Crippen LogP contribution in [-0.4, -0.2) is 30.8 Å². The highest BCUT2D eigenvalue weighted by atomic mass is 19.1. The van der Waals surface area contributed by atoms with Crippen LogP contribution in [0.4, 0.5) is 15.8 Å². The molecule has 30 heavy (non-hydrogen) atoms. The second-order valence-corrected chi connectivity index (χ2v) is 7.68. The van der Waals surface area contributed by atoms with E-state index in [1.54, 1.807) is 23.1 Å². The topological polar surface area (TPSA) is 78.5 Å². The lowest BCUT2D eigenvalue weighted by molar-refractivity contribution is -0.136. The summed E-state index contributed by atoms with van der Waals surface area (Å²) in [4.78, 5) is 38.5. The van der Waals surface area contributed by atoms with Gasteiger partial charge in [-0.1, -0.05) is 26.0 Å². The Labute approximate surface area is 175 Å². The molecule has 2 N–H and O–H groups in total. The van der Waals surface area contributed by atoms with Gasteiger partial charge in [0.25, 0.3) is 0 Å². The van der Waals surface area contributed by atoms with Gasteiger partial charge < -0.3 is 15.5 Å². The summed E-state index contributed by atoms with van der Waals surface area (Å²) in [6, 6.07) is 11.3. The van der Waals surface area contributed by atoms with E-state index in [1.165, 1.54) is 12.1 Å². The Hall–Kier alpha value is -3.22. The molecule has 0 aromatic heterocycles. The number of benzene rings is 2. The van der Waals surface area contributed by atoms with Gasteiger partial charge in [0.1, 0.15) is 5.82 Å². The molecule has 3 rings (SSSR count). The van der Waals surface area contributed by atoms with Crippen molar-refractivity contribution in [2.45, 2.75) is 33.1 Å². The van der Waals surface area contributed by atoms with Gasteiger partial charge in [0.2, 0.25) is 5.91 Å². The van der Waals surface area contributed by atoms with Crippen LogP contribution in [0, 0.1) is 11.7 Å². The van der Waals surface area contributed by atoms with Crippen molar-refractivity contribution in [3.63, 3.8) is 0 Å². The zero-order valence-electron chi connectivity index (χ0n) is 17.2. The first kappa shape index (κ1) is 21.5. The average molecular weight is 411 g/mol. The Kier molecular flexibility index (Phi) is 6.82. The number of nitrogens with zero attached hydrogens (tertiary/aromatic N) is 1. The number of carbonyl (C=O) groups is 3. The zero-order chi connectivity index (χ0) is 21.7. The minimum absolute atomic E-state index is 0.0771. The maximum Gasteiger partial charge on any atom is 0.313 e. The third-order valence-electron chi connectivity index (χ3n) is 5.03. The van der Waals surface area contributed by atoms with Crippen LogP contribution < -0.4 is 15.5 Å². The van der Waals surface area contributed by atoms with Crippen LogP contribution in [0.3, 0.4) is 0 Å². The minimum Gasteiger partial charge on any atom is -0.347 e. The summed E-state index contributed by atoms with van der Waals surface area (Å²) in [5, 5.41) is 5.18. The fourth-order valence-electron chi connectivity index (χ4n) is 3.46. The lowest BCUT2D eigenvalue weighted by atomic mass is 9.99. The first-order chi connectivity index (χ1) is 14.3. The number of hydrogen-bond donors (Lipinski definition) is 2. The lowest BCUT2D eigenvalue weighted by Crippen LogP contribution is -2.38. The smallest absolute Gasteiger partial charge is 0.313 e. The van der Waals surface area contributed by atoms with Crippen molar-refractivity contribution >= 4 is 29.1 Å². The molecule has 3 amide bonds. The number of rotatable bonds is 5. The summed E-state index contributed by atoms with van der Waals surface area (Å²) in [7, 11) is 0. The lowest BCUT2D eigenvalue weighted by Gasteiger charge is -2.31. The van der Waals surface area contributed by atoms with Crippen molar-refractivity contribution in [3.8, 4) is 0 Å². The monoisotopic (exact) mass is 411 g/mol. The van der Waals surface area contributed by atoms with Gasteiger partial charge >= 0.3 is 11.8 Å². The molecule has 7 heteroatoms. The number of fused-ring (bicyclic) bond motifs is 1. The van der Waals surface area contributed by atoms with Gasteiger partial charge in [0.05, 0.1) is 0 Å². The number of halogens is 1. The van der Waals surface area contributed by atoms with E-state index in [-0.39, 0.29) is 24.2 Å². The Morgan fingerprint density at radius 1 is 1.07 bits per heavy atom. The van der Waals surface area contributed by atoms with Crippen LogP contribution in [-0.2, 0) is 27.2 Å². The van der Waals surface area contributed by atoms with Gasteiger partial charge in [-0.2, -0.15) is 0 Å². The third kappa shape index (κ3) is 5.23. The SMILES string of the molecule is CC(C)C(=O)N1CCCc2cc(NC(=O)C(=O)NCCc3ccc(F)cc3)ccc21. The predicted octanol–water partition coefficient (Wildman–Crippen LogP) is 3.06. The third-order valence-corrected chi connectivity index (χ3v) is 5.03. The van der Waals surface area contributed by atoms with Crippen molar-refractivity contribution in [1.29, 1.82) is 0 Å². The van der Waals surface area contributed by atoms with E-state index in [0.717, 1.165) is 29.7 Å². The van der Waals surface area contributed by atoms with Crippen molar-refractivity contribution in [2.75, 3.05) is 23.3 Å². The fourth-order valence-corrected chi connectivity index (χ4v) is 3.46. The summed E-state index contributed by atoms with van der Waals surface area (Å²) < 4.78 is 12.9. The van der Waals surface area contributed by atoms with Crippen LogP contribution in [0.5, 0.6) is 0 Å². The first-order valence-electron chi connectivity index (χ1n) is 10.1. The molecular weight excluding hydrogens is 385 g/mol. The Balaban J connectivity index is 1.56. The van der Waals surface area contributed by atoms with Gasteiger partial charge in [-0.05, 0) is 60.7 Å². The molecule has 2 aromatic rings. The highest BCUT2D eigenvalue weighted by Crippen LogP contribution is 2.30. The Bertz CT molecular complexity index is 941. The predicted molar refractivity (Wildman–Crippen MR) is 114 cm³/mol. The van der Waals surface area contributed by atoms with Crippen molar-refractivity contribution < 1.29 is 18.8 Å². The fraction of sp³-hybridized carbons (Fsp3) is 0.348. The van der Waals surface area contributed by atoms with Gasteiger partial charge in [-0.3, -0.25) is 14.4 Å². The van der Waals surface area contributed by atoms with E-state index in [1.807, 2.05) is 26.0 Å². The second kappa shape index (κ2) is 9.52. The maximum atomic E-state index is 12.9. The van der Waals surface area contributed by atoms with Crippen LogP contribution in [0.2, 0.25) is 0 Å². The zero-order valence-corrected chi connectivity index (χ0v) is 17.2. The molecule has 1 heterocycles. The van der Waals surface area contributed by atoms with E-state index in [4.69, 9.17) is 0 Å². The largest absolute Gasteiger partial charge is 0.347 e. The van der Waals surface area contributed by atoms with E-state index < -0.39 is 11.8 Å². The van der Waals surface area contributed by atoms with Gasteiger partial charge in [-0.15, -0.1) is 0 Å². The number of carbonyl (C=O) groups excluding carboxylic acids is 3. The summed E-state index contributed by atoms with van der Waals surface area (Å²) >= 11 is 0. The van der Waals surface area contributed by atoms with E-state index in [9.17, 15) is 18.8 Å². The summed E-state index contributed by atoms with van der Waals surface area (Å²) in [5.41, 5.74) is 3.23. The van der Waals surface area contributed by atoms with Gasteiger partial charge in [0.15, 0.2) is 0 Å². The number of hydrogen-bond acceptors (Lipinski definition) is 3.